The Hall–Kier alpha value is -2.21. The molecule has 0 saturated heterocycles. The largest absolute Gasteiger partial charge is 0.473 e. The van der Waals surface area contributed by atoms with Crippen molar-refractivity contribution in [2.24, 2.45) is 11.0 Å². The average molecular weight is 521 g/mol. The lowest BCUT2D eigenvalue weighted by Gasteiger charge is -2.29. The molecule has 1 unspecified atom stereocenters. The van der Waals surface area contributed by atoms with Gasteiger partial charge >= 0.3 is 18.3 Å². The Morgan fingerprint density at radius 3 is 2.16 bits per heavy atom. The highest BCUT2D eigenvalue weighted by atomic mass is 35.5. The molecule has 0 saturated carbocycles. The van der Waals surface area contributed by atoms with Crippen LogP contribution in [0.15, 0.2) is 41.6 Å². The molecule has 0 radical (unpaired) electrons. The standard InChI is InChI=1S/C18H10Cl3F6N3O2/c19-10-4-9(5-11(20)6-10)16(18(25,26)27)7-13(29-32-16)8-1-2-12(21)14(3-8)30(28)15(31)17(22,23)24/h1-6H,7,28H2. The third-order valence-electron chi connectivity index (χ3n) is 4.52. The number of hydrazine groups is 1. The van der Waals surface area contributed by atoms with Crippen molar-refractivity contribution in [3.63, 3.8) is 0 Å². The maximum absolute atomic E-state index is 14.1. The average Bonchev–Trinajstić information content (AvgIpc) is 3.12. The Balaban J connectivity index is 2.01. The van der Waals surface area contributed by atoms with Gasteiger partial charge in [0, 0.05) is 27.6 Å². The van der Waals surface area contributed by atoms with Crippen LogP contribution in [0.2, 0.25) is 15.1 Å². The number of nitrogens with zero attached hydrogens (tertiary/aromatic N) is 2. The van der Waals surface area contributed by atoms with E-state index in [9.17, 15) is 31.1 Å². The van der Waals surface area contributed by atoms with Crippen molar-refractivity contribution in [2.75, 3.05) is 5.01 Å². The van der Waals surface area contributed by atoms with E-state index in [0.717, 1.165) is 24.3 Å². The molecule has 0 aromatic heterocycles. The summed E-state index contributed by atoms with van der Waals surface area (Å²) in [5.41, 5.74) is -4.37. The van der Waals surface area contributed by atoms with Gasteiger partial charge in [-0.05, 0) is 30.3 Å². The van der Waals surface area contributed by atoms with E-state index in [1.807, 2.05) is 0 Å². The highest BCUT2D eigenvalue weighted by molar-refractivity contribution is 6.35. The van der Waals surface area contributed by atoms with Crippen LogP contribution in [-0.4, -0.2) is 24.0 Å². The lowest BCUT2D eigenvalue weighted by molar-refractivity contribution is -0.275. The maximum Gasteiger partial charge on any atom is 0.473 e. The Kier molecular flexibility index (Phi) is 6.33. The van der Waals surface area contributed by atoms with Crippen LogP contribution in [0.5, 0.6) is 0 Å². The number of benzene rings is 2. The molecule has 0 fully saturated rings. The lowest BCUT2D eigenvalue weighted by atomic mass is 9.86. The first-order chi connectivity index (χ1) is 14.7. The van der Waals surface area contributed by atoms with Crippen molar-refractivity contribution >= 4 is 52.1 Å². The predicted octanol–water partition coefficient (Wildman–Crippen LogP) is 6.00. The number of anilines is 1. The number of oxime groups is 1. The Labute approximate surface area is 191 Å². The number of hydrogen-bond acceptors (Lipinski definition) is 4. The fourth-order valence-corrected chi connectivity index (χ4v) is 3.70. The zero-order valence-corrected chi connectivity index (χ0v) is 17.6. The summed E-state index contributed by atoms with van der Waals surface area (Å²) in [7, 11) is 0. The van der Waals surface area contributed by atoms with Crippen LogP contribution < -0.4 is 10.9 Å². The molecule has 0 spiro atoms. The number of halogens is 9. The first-order valence-corrected chi connectivity index (χ1v) is 9.53. The van der Waals surface area contributed by atoms with Gasteiger partial charge in [0.2, 0.25) is 0 Å². The zero-order valence-electron chi connectivity index (χ0n) is 15.4. The lowest BCUT2D eigenvalue weighted by Crippen LogP contribution is -2.46. The minimum Gasteiger partial charge on any atom is -0.374 e. The summed E-state index contributed by atoms with van der Waals surface area (Å²) in [5.74, 6) is 2.81. The highest BCUT2D eigenvalue weighted by Gasteiger charge is 2.62. The molecule has 5 nitrogen and oxygen atoms in total. The minimum absolute atomic E-state index is 0.0774. The van der Waals surface area contributed by atoms with Crippen LogP contribution in [0.1, 0.15) is 17.5 Å². The fourth-order valence-electron chi connectivity index (χ4n) is 2.97. The van der Waals surface area contributed by atoms with E-state index in [0.29, 0.717) is 0 Å². The molecule has 1 aliphatic rings. The number of carbonyl (C=O) groups excluding carboxylic acids is 1. The summed E-state index contributed by atoms with van der Waals surface area (Å²) < 4.78 is 80.3. The fraction of sp³-hybridized carbons (Fsp3) is 0.222. The Morgan fingerprint density at radius 1 is 1.03 bits per heavy atom. The predicted molar refractivity (Wildman–Crippen MR) is 106 cm³/mol. The second-order valence-corrected chi connectivity index (χ2v) is 7.91. The van der Waals surface area contributed by atoms with Crippen LogP contribution in [0.25, 0.3) is 0 Å². The number of carbonyl (C=O) groups is 1. The van der Waals surface area contributed by atoms with Crippen LogP contribution in [0.4, 0.5) is 32.0 Å². The van der Waals surface area contributed by atoms with E-state index in [4.69, 9.17) is 45.5 Å². The van der Waals surface area contributed by atoms with E-state index in [2.05, 4.69) is 5.16 Å². The summed E-state index contributed by atoms with van der Waals surface area (Å²) in [6.45, 7) is 0. The number of hydrogen-bond donors (Lipinski definition) is 1. The summed E-state index contributed by atoms with van der Waals surface area (Å²) in [6, 6.07) is 6.39. The van der Waals surface area contributed by atoms with Gasteiger partial charge in [-0.3, -0.25) is 4.79 Å². The van der Waals surface area contributed by atoms with Gasteiger partial charge in [-0.25, -0.2) is 10.9 Å². The normalized spacial score (nSPS) is 18.9. The number of rotatable bonds is 3. The molecule has 172 valence electrons. The van der Waals surface area contributed by atoms with Gasteiger partial charge in [0.05, 0.1) is 16.4 Å². The number of amides is 1. The van der Waals surface area contributed by atoms with E-state index >= 15 is 0 Å². The van der Waals surface area contributed by atoms with E-state index < -0.39 is 41.5 Å². The quantitative estimate of drug-likeness (QED) is 0.234. The molecule has 32 heavy (non-hydrogen) atoms. The van der Waals surface area contributed by atoms with Gasteiger partial charge in [0.1, 0.15) is 0 Å². The number of nitrogens with two attached hydrogens (primary N) is 1. The van der Waals surface area contributed by atoms with Crippen LogP contribution >= 0.6 is 34.8 Å². The third-order valence-corrected chi connectivity index (χ3v) is 5.27. The maximum atomic E-state index is 14.1. The van der Waals surface area contributed by atoms with E-state index in [-0.39, 0.29) is 31.4 Å². The number of alkyl halides is 6. The summed E-state index contributed by atoms with van der Waals surface area (Å²) in [5, 5.41) is 2.73. The molecule has 1 amide bonds. The Morgan fingerprint density at radius 2 is 1.62 bits per heavy atom. The molecule has 14 heteroatoms. The van der Waals surface area contributed by atoms with Crippen molar-refractivity contribution in [1.82, 2.24) is 0 Å². The van der Waals surface area contributed by atoms with E-state index in [1.54, 1.807) is 0 Å². The molecule has 0 bridgehead atoms. The monoisotopic (exact) mass is 519 g/mol. The van der Waals surface area contributed by atoms with Gasteiger partial charge < -0.3 is 4.84 Å². The van der Waals surface area contributed by atoms with Gasteiger partial charge in [-0.2, -0.15) is 26.3 Å². The highest BCUT2D eigenvalue weighted by Crippen LogP contribution is 2.50. The summed E-state index contributed by atoms with van der Waals surface area (Å²) >= 11 is 17.5. The summed E-state index contributed by atoms with van der Waals surface area (Å²) in [6.07, 6.45) is -11.2. The molecule has 2 aromatic carbocycles. The van der Waals surface area contributed by atoms with Crippen LogP contribution in [0, 0.1) is 0 Å². The van der Waals surface area contributed by atoms with Crippen LogP contribution in [-0.2, 0) is 15.2 Å². The molecular formula is C18H10Cl3F6N3O2. The molecule has 1 aliphatic heterocycles. The van der Waals surface area contributed by atoms with E-state index in [1.165, 1.54) is 12.1 Å². The third kappa shape index (κ3) is 4.47. The zero-order chi connectivity index (χ0) is 24.1. The van der Waals surface area contributed by atoms with Crippen molar-refractivity contribution in [3.05, 3.63) is 62.6 Å². The second kappa shape index (κ2) is 8.29. The van der Waals surface area contributed by atoms with Gasteiger partial charge in [0.25, 0.3) is 5.60 Å². The second-order valence-electron chi connectivity index (χ2n) is 6.63. The molecule has 3 rings (SSSR count). The van der Waals surface area contributed by atoms with Crippen molar-refractivity contribution in [1.29, 1.82) is 0 Å². The molecular weight excluding hydrogens is 511 g/mol. The van der Waals surface area contributed by atoms with Crippen molar-refractivity contribution in [3.8, 4) is 0 Å². The van der Waals surface area contributed by atoms with Crippen LogP contribution in [0.3, 0.4) is 0 Å². The van der Waals surface area contributed by atoms with Gasteiger partial charge in [-0.15, -0.1) is 0 Å². The molecule has 0 aliphatic carbocycles. The van der Waals surface area contributed by atoms with Gasteiger partial charge in [0.15, 0.2) is 0 Å². The topological polar surface area (TPSA) is 67.9 Å². The first kappa shape index (κ1) is 24.4. The molecule has 1 atom stereocenters. The smallest absolute Gasteiger partial charge is 0.374 e. The minimum atomic E-state index is -5.31. The SMILES string of the molecule is NN(C(=O)C(F)(F)F)c1cc(C2=NOC(c3cc(Cl)cc(Cl)c3)(C(F)(F)F)C2)ccc1Cl. The van der Waals surface area contributed by atoms with Gasteiger partial charge in [-0.1, -0.05) is 46.0 Å². The van der Waals surface area contributed by atoms with Crippen molar-refractivity contribution < 1.29 is 36.0 Å². The molecule has 2 aromatic rings. The molecule has 1 heterocycles. The van der Waals surface area contributed by atoms with Crippen molar-refractivity contribution in [2.45, 2.75) is 24.4 Å². The Bertz CT molecular complexity index is 1090. The molecule has 2 N–H and O–H groups in total. The first-order valence-electron chi connectivity index (χ1n) is 8.40. The summed E-state index contributed by atoms with van der Waals surface area (Å²) in [4.78, 5) is 16.2.